The minimum Gasteiger partial charge on any atom is -0.321 e. The van der Waals surface area contributed by atoms with E-state index in [-0.39, 0.29) is 5.54 Å². The van der Waals surface area contributed by atoms with E-state index in [0.717, 1.165) is 25.7 Å². The lowest BCUT2D eigenvalue weighted by Gasteiger charge is -2.29. The summed E-state index contributed by atoms with van der Waals surface area (Å²) in [7, 11) is 0. The van der Waals surface area contributed by atoms with Gasteiger partial charge in [0, 0.05) is 5.54 Å². The summed E-state index contributed by atoms with van der Waals surface area (Å²) in [6.07, 6.45) is 4.43. The van der Waals surface area contributed by atoms with Crippen molar-refractivity contribution in [2.24, 2.45) is 5.73 Å². The van der Waals surface area contributed by atoms with Gasteiger partial charge in [0.15, 0.2) is 0 Å². The molecule has 0 aromatic heterocycles. The largest absolute Gasteiger partial charge is 0.321 e. The Morgan fingerprint density at radius 3 is 1.87 bits per heavy atom. The predicted molar refractivity (Wildman–Crippen MR) is 66.9 cm³/mol. The third-order valence-corrected chi connectivity index (χ3v) is 3.02. The molecule has 0 radical (unpaired) electrons. The van der Waals surface area contributed by atoms with Crippen molar-refractivity contribution in [3.05, 3.63) is 35.4 Å². The van der Waals surface area contributed by atoms with Crippen molar-refractivity contribution in [2.45, 2.75) is 52.0 Å². The van der Waals surface area contributed by atoms with Gasteiger partial charge in [-0.3, -0.25) is 0 Å². The lowest BCUT2D eigenvalue weighted by molar-refractivity contribution is 0.369. The number of rotatable bonds is 5. The first-order chi connectivity index (χ1) is 7.12. The number of nitrogens with two attached hydrogens (primary N) is 1. The zero-order valence-corrected chi connectivity index (χ0v) is 10.2. The van der Waals surface area contributed by atoms with Gasteiger partial charge in [-0.1, -0.05) is 56.5 Å². The number of hydrogen-bond acceptors (Lipinski definition) is 1. The molecule has 0 saturated heterocycles. The van der Waals surface area contributed by atoms with Gasteiger partial charge in [-0.2, -0.15) is 0 Å². The molecule has 0 saturated carbocycles. The maximum absolute atomic E-state index is 6.49. The summed E-state index contributed by atoms with van der Waals surface area (Å²) in [6.45, 7) is 6.51. The van der Waals surface area contributed by atoms with Gasteiger partial charge in [0.2, 0.25) is 0 Å². The molecule has 1 heteroatoms. The van der Waals surface area contributed by atoms with Crippen LogP contribution in [0.3, 0.4) is 0 Å². The first-order valence-electron chi connectivity index (χ1n) is 5.98. The van der Waals surface area contributed by atoms with Gasteiger partial charge < -0.3 is 5.73 Å². The normalized spacial score (nSPS) is 11.7. The Hall–Kier alpha value is -0.820. The average molecular weight is 205 g/mol. The van der Waals surface area contributed by atoms with E-state index in [2.05, 4.69) is 45.0 Å². The van der Waals surface area contributed by atoms with Crippen LogP contribution in [0, 0.1) is 6.92 Å². The fourth-order valence-electron chi connectivity index (χ4n) is 2.19. The van der Waals surface area contributed by atoms with Crippen LogP contribution in [0.15, 0.2) is 24.3 Å². The molecule has 0 aliphatic rings. The summed E-state index contributed by atoms with van der Waals surface area (Å²) < 4.78 is 0. The highest BCUT2D eigenvalue weighted by molar-refractivity contribution is 5.27. The van der Waals surface area contributed by atoms with E-state index < -0.39 is 0 Å². The summed E-state index contributed by atoms with van der Waals surface area (Å²) in [5.41, 5.74) is 8.97. The maximum Gasteiger partial charge on any atom is 0.0409 e. The van der Waals surface area contributed by atoms with E-state index in [9.17, 15) is 0 Å². The summed E-state index contributed by atoms with van der Waals surface area (Å²) in [6, 6.07) is 8.67. The molecule has 0 heterocycles. The van der Waals surface area contributed by atoms with Crippen LogP contribution in [-0.2, 0) is 5.54 Å². The topological polar surface area (TPSA) is 26.0 Å². The Balaban J connectivity index is 2.92. The van der Waals surface area contributed by atoms with Crippen LogP contribution in [0.1, 0.15) is 50.7 Å². The van der Waals surface area contributed by atoms with Crippen LogP contribution in [0.4, 0.5) is 0 Å². The summed E-state index contributed by atoms with van der Waals surface area (Å²) in [5, 5.41) is 0. The Labute approximate surface area is 93.7 Å². The van der Waals surface area contributed by atoms with Gasteiger partial charge in [0.25, 0.3) is 0 Å². The van der Waals surface area contributed by atoms with E-state index in [1.54, 1.807) is 0 Å². The van der Waals surface area contributed by atoms with Gasteiger partial charge in [-0.15, -0.1) is 0 Å². The first kappa shape index (κ1) is 12.3. The minimum absolute atomic E-state index is 0.114. The second-order valence-electron chi connectivity index (χ2n) is 4.52. The molecule has 1 aromatic carbocycles. The Kier molecular flexibility index (Phi) is 4.34. The lowest BCUT2D eigenvalue weighted by Crippen LogP contribution is -2.36. The van der Waals surface area contributed by atoms with Gasteiger partial charge >= 0.3 is 0 Å². The van der Waals surface area contributed by atoms with E-state index >= 15 is 0 Å². The average Bonchev–Trinajstić information content (AvgIpc) is 2.19. The molecule has 0 bridgehead atoms. The van der Waals surface area contributed by atoms with Crippen molar-refractivity contribution in [1.82, 2.24) is 0 Å². The molecule has 1 aromatic rings. The second kappa shape index (κ2) is 5.32. The smallest absolute Gasteiger partial charge is 0.0409 e. The van der Waals surface area contributed by atoms with Crippen molar-refractivity contribution in [2.75, 3.05) is 0 Å². The van der Waals surface area contributed by atoms with Gasteiger partial charge in [0.05, 0.1) is 0 Å². The molecule has 15 heavy (non-hydrogen) atoms. The number of benzene rings is 1. The number of hydrogen-bond donors (Lipinski definition) is 1. The zero-order chi connectivity index (χ0) is 11.3. The van der Waals surface area contributed by atoms with Crippen molar-refractivity contribution in [1.29, 1.82) is 0 Å². The molecule has 0 unspecified atom stereocenters. The molecule has 84 valence electrons. The van der Waals surface area contributed by atoms with Crippen LogP contribution in [-0.4, -0.2) is 0 Å². The molecule has 1 nitrogen and oxygen atoms in total. The van der Waals surface area contributed by atoms with Crippen molar-refractivity contribution in [3.63, 3.8) is 0 Å². The number of aryl methyl sites for hydroxylation is 1. The minimum atomic E-state index is -0.114. The quantitative estimate of drug-likeness (QED) is 0.778. The highest BCUT2D eigenvalue weighted by Crippen LogP contribution is 2.28. The molecule has 0 amide bonds. The third kappa shape index (κ3) is 3.07. The Morgan fingerprint density at radius 2 is 1.47 bits per heavy atom. The maximum atomic E-state index is 6.49. The van der Waals surface area contributed by atoms with E-state index in [1.165, 1.54) is 11.1 Å². The van der Waals surface area contributed by atoms with Crippen LogP contribution >= 0.6 is 0 Å². The van der Waals surface area contributed by atoms with Crippen LogP contribution < -0.4 is 5.73 Å². The highest BCUT2D eigenvalue weighted by atomic mass is 14.7. The second-order valence-corrected chi connectivity index (χ2v) is 4.52. The monoisotopic (exact) mass is 205 g/mol. The Bertz CT molecular complexity index is 281. The molecule has 0 aliphatic heterocycles. The molecular formula is C14H23N. The summed E-state index contributed by atoms with van der Waals surface area (Å²) in [5.74, 6) is 0. The molecule has 2 N–H and O–H groups in total. The highest BCUT2D eigenvalue weighted by Gasteiger charge is 2.24. The Morgan fingerprint density at radius 1 is 1.00 bits per heavy atom. The molecule has 0 fully saturated rings. The van der Waals surface area contributed by atoms with Gasteiger partial charge in [0.1, 0.15) is 0 Å². The predicted octanol–water partition coefficient (Wildman–Crippen LogP) is 3.75. The van der Waals surface area contributed by atoms with E-state index in [1.807, 2.05) is 0 Å². The van der Waals surface area contributed by atoms with E-state index in [4.69, 9.17) is 5.73 Å². The third-order valence-electron chi connectivity index (χ3n) is 3.02. The molecule has 0 atom stereocenters. The fourth-order valence-corrected chi connectivity index (χ4v) is 2.19. The zero-order valence-electron chi connectivity index (χ0n) is 10.2. The molecule has 0 spiro atoms. The van der Waals surface area contributed by atoms with Crippen molar-refractivity contribution < 1.29 is 0 Å². The van der Waals surface area contributed by atoms with Crippen LogP contribution in [0.25, 0.3) is 0 Å². The standard InChI is InChI=1S/C14H23N/c1-4-10-14(15,11-5-2)13-8-6-12(3)7-9-13/h6-9H,4-5,10-11,15H2,1-3H3. The van der Waals surface area contributed by atoms with Gasteiger partial charge in [-0.25, -0.2) is 0 Å². The fraction of sp³-hybridized carbons (Fsp3) is 0.571. The molecular weight excluding hydrogens is 182 g/mol. The van der Waals surface area contributed by atoms with Crippen molar-refractivity contribution in [3.8, 4) is 0 Å². The molecule has 1 rings (SSSR count). The van der Waals surface area contributed by atoms with Gasteiger partial charge in [-0.05, 0) is 25.3 Å². The first-order valence-corrected chi connectivity index (χ1v) is 5.98. The SMILES string of the molecule is CCCC(N)(CCC)c1ccc(C)cc1. The van der Waals surface area contributed by atoms with Crippen molar-refractivity contribution >= 4 is 0 Å². The van der Waals surface area contributed by atoms with Crippen LogP contribution in [0.2, 0.25) is 0 Å². The molecule has 0 aliphatic carbocycles. The lowest BCUT2D eigenvalue weighted by atomic mass is 9.82. The summed E-state index contributed by atoms with van der Waals surface area (Å²) in [4.78, 5) is 0. The van der Waals surface area contributed by atoms with Crippen LogP contribution in [0.5, 0.6) is 0 Å². The summed E-state index contributed by atoms with van der Waals surface area (Å²) >= 11 is 0. The van der Waals surface area contributed by atoms with E-state index in [0.29, 0.717) is 0 Å².